The smallest absolute Gasteiger partial charge is 0.326 e. The molecule has 2 atom stereocenters. The summed E-state index contributed by atoms with van der Waals surface area (Å²) >= 11 is 0. The number of ether oxygens (including phenoxy) is 3. The van der Waals surface area contributed by atoms with Gasteiger partial charge in [0.2, 0.25) is 11.8 Å². The van der Waals surface area contributed by atoms with E-state index in [4.69, 9.17) is 19.3 Å². The molecule has 0 radical (unpaired) electrons. The number of hydrogen-bond acceptors (Lipinski definition) is 7. The van der Waals surface area contributed by atoms with Crippen LogP contribution in [0.15, 0.2) is 6.07 Å². The first-order valence-corrected chi connectivity index (χ1v) is 7.34. The van der Waals surface area contributed by atoms with Crippen molar-refractivity contribution in [3.63, 3.8) is 0 Å². The third-order valence-electron chi connectivity index (χ3n) is 3.44. The predicted molar refractivity (Wildman–Crippen MR) is 84.3 cm³/mol. The zero-order valence-electron chi connectivity index (χ0n) is 14.6. The van der Waals surface area contributed by atoms with Crippen molar-refractivity contribution in [2.75, 3.05) is 21.3 Å². The molecular weight excluding hydrogens is 318 g/mol. The minimum Gasteiger partial charge on any atom is -0.481 e. The van der Waals surface area contributed by atoms with Crippen LogP contribution in [0, 0.1) is 5.92 Å². The Morgan fingerprint density at radius 1 is 1.12 bits per heavy atom. The molecule has 0 aliphatic heterocycles. The van der Waals surface area contributed by atoms with E-state index in [1.807, 2.05) is 0 Å². The van der Waals surface area contributed by atoms with Gasteiger partial charge in [-0.2, -0.15) is 9.97 Å². The van der Waals surface area contributed by atoms with Gasteiger partial charge in [-0.3, -0.25) is 4.79 Å². The fourth-order valence-electron chi connectivity index (χ4n) is 1.79. The van der Waals surface area contributed by atoms with Crippen LogP contribution in [0.5, 0.6) is 17.8 Å². The highest BCUT2D eigenvalue weighted by molar-refractivity contribution is 5.86. The first kappa shape index (κ1) is 19.5. The summed E-state index contributed by atoms with van der Waals surface area (Å²) in [6.45, 7) is 4.97. The van der Waals surface area contributed by atoms with E-state index in [1.165, 1.54) is 34.3 Å². The second-order valence-corrected chi connectivity index (χ2v) is 5.48. The summed E-state index contributed by atoms with van der Waals surface area (Å²) in [5.41, 5.74) is 0. The number of carbonyl (C=O) groups excluding carboxylic acids is 1. The van der Waals surface area contributed by atoms with Gasteiger partial charge in [-0.05, 0) is 12.8 Å². The molecule has 1 aromatic rings. The van der Waals surface area contributed by atoms with Gasteiger partial charge in [0.25, 0.3) is 5.91 Å². The van der Waals surface area contributed by atoms with E-state index in [9.17, 15) is 9.59 Å². The van der Waals surface area contributed by atoms with Crippen LogP contribution in [0.25, 0.3) is 0 Å². The van der Waals surface area contributed by atoms with E-state index in [0.717, 1.165) is 4.90 Å². The zero-order chi connectivity index (χ0) is 18.4. The van der Waals surface area contributed by atoms with E-state index >= 15 is 0 Å². The second-order valence-electron chi connectivity index (χ2n) is 5.48. The fraction of sp³-hybridized carbons (Fsp3) is 0.600. The van der Waals surface area contributed by atoms with Gasteiger partial charge in [0.15, 0.2) is 6.10 Å². The van der Waals surface area contributed by atoms with E-state index in [1.54, 1.807) is 13.8 Å². The minimum atomic E-state index is -1.10. The summed E-state index contributed by atoms with van der Waals surface area (Å²) in [6, 6.07) is 0.398. The highest BCUT2D eigenvalue weighted by Crippen LogP contribution is 2.21. The maximum Gasteiger partial charge on any atom is 0.326 e. The molecule has 24 heavy (non-hydrogen) atoms. The lowest BCUT2D eigenvalue weighted by molar-refractivity contribution is -0.152. The molecular formula is C15H23N3O6. The Morgan fingerprint density at radius 3 is 2.00 bits per heavy atom. The molecule has 0 bridgehead atoms. The minimum absolute atomic E-state index is 0.0883. The highest BCUT2D eigenvalue weighted by atomic mass is 16.5. The first-order valence-electron chi connectivity index (χ1n) is 7.34. The predicted octanol–water partition coefficient (Wildman–Crippen LogP) is 0.829. The topological polar surface area (TPSA) is 111 Å². The molecule has 0 saturated carbocycles. The van der Waals surface area contributed by atoms with E-state index in [0.29, 0.717) is 0 Å². The highest BCUT2D eigenvalue weighted by Gasteiger charge is 2.32. The first-order chi connectivity index (χ1) is 11.2. The van der Waals surface area contributed by atoms with Crippen molar-refractivity contribution in [2.45, 2.75) is 32.9 Å². The molecule has 1 aromatic heterocycles. The quantitative estimate of drug-likeness (QED) is 0.740. The van der Waals surface area contributed by atoms with Gasteiger partial charge in [0.05, 0.1) is 20.3 Å². The van der Waals surface area contributed by atoms with Gasteiger partial charge in [0.1, 0.15) is 6.04 Å². The Labute approximate surface area is 140 Å². The third-order valence-corrected chi connectivity index (χ3v) is 3.44. The van der Waals surface area contributed by atoms with Crippen molar-refractivity contribution in [2.24, 2.45) is 5.92 Å². The number of carboxylic acid groups (broad SMARTS) is 1. The fourth-order valence-corrected chi connectivity index (χ4v) is 1.79. The number of aliphatic carboxylic acids is 1. The number of nitrogens with zero attached hydrogens (tertiary/aromatic N) is 3. The number of likely N-dealkylation sites (N-methyl/N-ethyl adjacent to an activating group) is 1. The van der Waals surface area contributed by atoms with Crippen molar-refractivity contribution in [3.8, 4) is 17.8 Å². The molecule has 1 unspecified atom stereocenters. The van der Waals surface area contributed by atoms with Crippen LogP contribution >= 0.6 is 0 Å². The molecule has 0 fully saturated rings. The summed E-state index contributed by atoms with van der Waals surface area (Å²) < 4.78 is 15.7. The molecule has 1 heterocycles. The SMILES string of the molecule is COc1cc(OC)nc(OC(C(=O)N(C)[C@@H](C)C(=O)O)C(C)C)n1. The summed E-state index contributed by atoms with van der Waals surface area (Å²) in [6.07, 6.45) is -0.950. The van der Waals surface area contributed by atoms with E-state index in [2.05, 4.69) is 9.97 Å². The van der Waals surface area contributed by atoms with E-state index in [-0.39, 0.29) is 23.7 Å². The van der Waals surface area contributed by atoms with Crippen molar-refractivity contribution in [3.05, 3.63) is 6.07 Å². The Morgan fingerprint density at radius 2 is 1.62 bits per heavy atom. The largest absolute Gasteiger partial charge is 0.481 e. The van der Waals surface area contributed by atoms with Crippen LogP contribution in [0.3, 0.4) is 0 Å². The van der Waals surface area contributed by atoms with Crippen LogP contribution in [0.1, 0.15) is 20.8 Å². The average Bonchev–Trinajstić information content (AvgIpc) is 2.56. The lowest BCUT2D eigenvalue weighted by Gasteiger charge is -2.28. The zero-order valence-corrected chi connectivity index (χ0v) is 14.6. The number of carboxylic acids is 1. The summed E-state index contributed by atoms with van der Waals surface area (Å²) in [7, 11) is 4.27. The van der Waals surface area contributed by atoms with Crippen molar-refractivity contribution < 1.29 is 28.9 Å². The van der Waals surface area contributed by atoms with Crippen LogP contribution in [-0.4, -0.2) is 65.3 Å². The normalized spacial score (nSPS) is 13.1. The van der Waals surface area contributed by atoms with Gasteiger partial charge >= 0.3 is 12.0 Å². The van der Waals surface area contributed by atoms with Crippen molar-refractivity contribution in [1.82, 2.24) is 14.9 Å². The summed E-state index contributed by atoms with van der Waals surface area (Å²) in [5.74, 6) is -1.38. The molecule has 0 aliphatic rings. The number of aromatic nitrogens is 2. The molecule has 134 valence electrons. The van der Waals surface area contributed by atoms with Crippen molar-refractivity contribution in [1.29, 1.82) is 0 Å². The molecule has 0 aliphatic carbocycles. The molecule has 1 N–H and O–H groups in total. The Hall–Kier alpha value is -2.58. The summed E-state index contributed by atoms with van der Waals surface area (Å²) in [4.78, 5) is 32.8. The van der Waals surface area contributed by atoms with Crippen LogP contribution in [-0.2, 0) is 9.59 Å². The van der Waals surface area contributed by atoms with Gasteiger partial charge in [-0.1, -0.05) is 13.8 Å². The maximum absolute atomic E-state index is 12.6. The van der Waals surface area contributed by atoms with Crippen LogP contribution in [0.2, 0.25) is 0 Å². The number of rotatable bonds is 8. The molecule has 0 saturated heterocycles. The molecule has 1 rings (SSSR count). The summed E-state index contributed by atoms with van der Waals surface area (Å²) in [5, 5.41) is 9.06. The van der Waals surface area contributed by atoms with Crippen molar-refractivity contribution >= 4 is 11.9 Å². The maximum atomic E-state index is 12.6. The molecule has 9 nitrogen and oxygen atoms in total. The van der Waals surface area contributed by atoms with Gasteiger partial charge < -0.3 is 24.2 Å². The second kappa shape index (κ2) is 8.32. The Bertz CT molecular complexity index is 570. The monoisotopic (exact) mass is 341 g/mol. The molecule has 1 amide bonds. The van der Waals surface area contributed by atoms with E-state index < -0.39 is 24.0 Å². The number of carbonyl (C=O) groups is 2. The van der Waals surface area contributed by atoms with Gasteiger partial charge in [-0.15, -0.1) is 0 Å². The average molecular weight is 341 g/mol. The number of hydrogen-bond donors (Lipinski definition) is 1. The molecule has 9 heteroatoms. The lowest BCUT2D eigenvalue weighted by atomic mass is 10.1. The number of methoxy groups -OCH3 is 2. The van der Waals surface area contributed by atoms with Gasteiger partial charge in [-0.25, -0.2) is 4.79 Å². The standard InChI is InChI=1S/C15H23N3O6/c1-8(2)12(13(19)18(4)9(3)14(20)21)24-15-16-10(22-5)7-11(17-15)23-6/h7-9,12H,1-6H3,(H,20,21)/t9-,12?/m0/s1. The van der Waals surface area contributed by atoms with Crippen LogP contribution in [0.4, 0.5) is 0 Å². The molecule has 0 aromatic carbocycles. The van der Waals surface area contributed by atoms with Crippen LogP contribution < -0.4 is 14.2 Å². The van der Waals surface area contributed by atoms with Gasteiger partial charge in [0, 0.05) is 7.05 Å². The third kappa shape index (κ3) is 4.71. The lowest BCUT2D eigenvalue weighted by Crippen LogP contribution is -2.48. The molecule has 0 spiro atoms. The number of amides is 1. The Balaban J connectivity index is 3.06. The Kier molecular flexibility index (Phi) is 6.75.